The Kier molecular flexibility index (Phi) is 5.21. The minimum Gasteiger partial charge on any atom is -0.497 e. The van der Waals surface area contributed by atoms with E-state index in [1.165, 1.54) is 6.08 Å². The quantitative estimate of drug-likeness (QED) is 0.649. The van der Waals surface area contributed by atoms with Crippen molar-refractivity contribution in [2.75, 3.05) is 14.2 Å². The fraction of sp³-hybridized carbons (Fsp3) is 0.150. The van der Waals surface area contributed by atoms with Crippen LogP contribution >= 0.6 is 0 Å². The number of ether oxygens (including phenoxy) is 2. The van der Waals surface area contributed by atoms with Gasteiger partial charge in [0.25, 0.3) is 11.8 Å². The average Bonchev–Trinajstić information content (AvgIpc) is 2.69. The van der Waals surface area contributed by atoms with Crippen LogP contribution in [-0.2, 0) is 16.1 Å². The highest BCUT2D eigenvalue weighted by atomic mass is 16.5. The lowest BCUT2D eigenvalue weighted by Gasteiger charge is -2.26. The number of amides is 4. The molecular formula is C20H18N2O5. The maximum Gasteiger partial charge on any atom is 0.331 e. The number of nitrogens with zero attached hydrogens (tertiary/aromatic N) is 1. The fourth-order valence-electron chi connectivity index (χ4n) is 2.62. The largest absolute Gasteiger partial charge is 0.497 e. The van der Waals surface area contributed by atoms with Crippen LogP contribution in [0, 0.1) is 0 Å². The van der Waals surface area contributed by atoms with E-state index in [4.69, 9.17) is 9.47 Å². The molecule has 1 saturated heterocycles. The Hall–Kier alpha value is -3.61. The van der Waals surface area contributed by atoms with Crippen LogP contribution in [-0.4, -0.2) is 37.0 Å². The Morgan fingerprint density at radius 3 is 2.00 bits per heavy atom. The van der Waals surface area contributed by atoms with Gasteiger partial charge in [-0.2, -0.15) is 0 Å². The van der Waals surface area contributed by atoms with Crippen LogP contribution in [0.15, 0.2) is 54.1 Å². The number of carbonyl (C=O) groups is 3. The predicted octanol–water partition coefficient (Wildman–Crippen LogP) is 2.37. The van der Waals surface area contributed by atoms with E-state index in [1.54, 1.807) is 62.8 Å². The monoisotopic (exact) mass is 366 g/mol. The SMILES string of the molecule is COc1ccc(/C=C2\C(=O)NC(=O)N(Cc3ccc(OC)cc3)C2=O)cc1. The van der Waals surface area contributed by atoms with Gasteiger partial charge in [0.15, 0.2) is 0 Å². The normalized spacial score (nSPS) is 15.7. The molecule has 2 aromatic carbocycles. The van der Waals surface area contributed by atoms with E-state index in [0.717, 1.165) is 10.5 Å². The van der Waals surface area contributed by atoms with Crippen LogP contribution in [0.25, 0.3) is 6.08 Å². The van der Waals surface area contributed by atoms with Gasteiger partial charge in [-0.3, -0.25) is 19.8 Å². The molecule has 1 aliphatic rings. The van der Waals surface area contributed by atoms with E-state index in [0.29, 0.717) is 17.1 Å². The first kappa shape index (κ1) is 18.2. The Morgan fingerprint density at radius 2 is 1.44 bits per heavy atom. The van der Waals surface area contributed by atoms with Gasteiger partial charge < -0.3 is 9.47 Å². The van der Waals surface area contributed by atoms with Gasteiger partial charge in [0.1, 0.15) is 17.1 Å². The predicted molar refractivity (Wildman–Crippen MR) is 98.1 cm³/mol. The van der Waals surface area contributed by atoms with Crippen molar-refractivity contribution in [3.8, 4) is 11.5 Å². The van der Waals surface area contributed by atoms with Gasteiger partial charge in [-0.05, 0) is 41.5 Å². The second kappa shape index (κ2) is 7.74. The van der Waals surface area contributed by atoms with E-state index >= 15 is 0 Å². The van der Waals surface area contributed by atoms with Crippen LogP contribution in [0.5, 0.6) is 11.5 Å². The lowest BCUT2D eigenvalue weighted by molar-refractivity contribution is -0.130. The second-order valence-corrected chi connectivity index (χ2v) is 5.83. The summed E-state index contributed by atoms with van der Waals surface area (Å²) in [4.78, 5) is 38.0. The molecule has 4 amide bonds. The van der Waals surface area contributed by atoms with Crippen molar-refractivity contribution in [2.45, 2.75) is 6.54 Å². The van der Waals surface area contributed by atoms with Crippen LogP contribution < -0.4 is 14.8 Å². The summed E-state index contributed by atoms with van der Waals surface area (Å²) >= 11 is 0. The molecule has 7 heteroatoms. The number of rotatable bonds is 5. The summed E-state index contributed by atoms with van der Waals surface area (Å²) in [6, 6.07) is 13.1. The van der Waals surface area contributed by atoms with Gasteiger partial charge in [-0.25, -0.2) is 4.79 Å². The molecule has 1 heterocycles. The Balaban J connectivity index is 1.84. The van der Waals surface area contributed by atoms with E-state index in [1.807, 2.05) is 0 Å². The molecule has 3 rings (SSSR count). The summed E-state index contributed by atoms with van der Waals surface area (Å²) in [5.41, 5.74) is 1.28. The summed E-state index contributed by atoms with van der Waals surface area (Å²) in [6.45, 7) is 0.0435. The molecule has 0 aliphatic carbocycles. The summed E-state index contributed by atoms with van der Waals surface area (Å²) in [5, 5.41) is 2.21. The molecule has 1 N–H and O–H groups in total. The number of imide groups is 2. The summed E-state index contributed by atoms with van der Waals surface area (Å²) in [5.74, 6) is -0.0292. The highest BCUT2D eigenvalue weighted by molar-refractivity contribution is 6.30. The number of barbiturate groups is 1. The molecule has 0 atom stereocenters. The number of urea groups is 1. The van der Waals surface area contributed by atoms with Crippen LogP contribution in [0.4, 0.5) is 4.79 Å². The van der Waals surface area contributed by atoms with Crippen molar-refractivity contribution in [1.29, 1.82) is 0 Å². The van der Waals surface area contributed by atoms with Gasteiger partial charge in [-0.1, -0.05) is 24.3 Å². The van der Waals surface area contributed by atoms with E-state index < -0.39 is 17.8 Å². The first-order valence-electron chi connectivity index (χ1n) is 8.17. The van der Waals surface area contributed by atoms with Crippen LogP contribution in [0.3, 0.4) is 0 Å². The van der Waals surface area contributed by atoms with Crippen LogP contribution in [0.1, 0.15) is 11.1 Å². The van der Waals surface area contributed by atoms with E-state index in [-0.39, 0.29) is 12.1 Å². The average molecular weight is 366 g/mol. The zero-order chi connectivity index (χ0) is 19.4. The minimum atomic E-state index is -0.743. The molecule has 0 unspecified atom stereocenters. The number of hydrogen-bond donors (Lipinski definition) is 1. The zero-order valence-electron chi connectivity index (χ0n) is 14.9. The molecule has 7 nitrogen and oxygen atoms in total. The Bertz CT molecular complexity index is 901. The molecule has 27 heavy (non-hydrogen) atoms. The third kappa shape index (κ3) is 3.98. The molecule has 0 aromatic heterocycles. The highest BCUT2D eigenvalue weighted by Gasteiger charge is 2.35. The number of hydrogen-bond acceptors (Lipinski definition) is 5. The van der Waals surface area contributed by atoms with Crippen LogP contribution in [0.2, 0.25) is 0 Å². The van der Waals surface area contributed by atoms with Gasteiger partial charge in [-0.15, -0.1) is 0 Å². The molecule has 1 fully saturated rings. The summed E-state index contributed by atoms with van der Waals surface area (Å²) in [6.07, 6.45) is 1.45. The molecule has 0 bridgehead atoms. The molecular weight excluding hydrogens is 348 g/mol. The van der Waals surface area contributed by atoms with Gasteiger partial charge in [0.2, 0.25) is 0 Å². The molecule has 2 aromatic rings. The number of benzene rings is 2. The second-order valence-electron chi connectivity index (χ2n) is 5.83. The summed E-state index contributed by atoms with van der Waals surface area (Å²) < 4.78 is 10.2. The van der Waals surface area contributed by atoms with Crippen molar-refractivity contribution in [3.05, 3.63) is 65.2 Å². The van der Waals surface area contributed by atoms with Crippen molar-refractivity contribution in [2.24, 2.45) is 0 Å². The van der Waals surface area contributed by atoms with Crippen molar-refractivity contribution < 1.29 is 23.9 Å². The third-order valence-electron chi connectivity index (χ3n) is 4.11. The molecule has 0 spiro atoms. The maximum absolute atomic E-state index is 12.7. The van der Waals surface area contributed by atoms with E-state index in [9.17, 15) is 14.4 Å². The van der Waals surface area contributed by atoms with Crippen molar-refractivity contribution >= 4 is 23.9 Å². The zero-order valence-corrected chi connectivity index (χ0v) is 14.9. The standard InChI is InChI=1S/C20H18N2O5/c1-26-15-7-3-13(4-8-15)11-17-18(23)21-20(25)22(19(17)24)12-14-5-9-16(27-2)10-6-14/h3-11H,12H2,1-2H3,(H,21,23,25)/b17-11+. The highest BCUT2D eigenvalue weighted by Crippen LogP contribution is 2.20. The smallest absolute Gasteiger partial charge is 0.331 e. The van der Waals surface area contributed by atoms with Gasteiger partial charge in [0.05, 0.1) is 20.8 Å². The van der Waals surface area contributed by atoms with Gasteiger partial charge in [0, 0.05) is 0 Å². The van der Waals surface area contributed by atoms with E-state index in [2.05, 4.69) is 5.32 Å². The summed E-state index contributed by atoms with van der Waals surface area (Å²) in [7, 11) is 3.10. The Labute approximate surface area is 156 Å². The maximum atomic E-state index is 12.7. The molecule has 138 valence electrons. The molecule has 1 aliphatic heterocycles. The minimum absolute atomic E-state index is 0.0435. The van der Waals surface area contributed by atoms with Crippen molar-refractivity contribution in [1.82, 2.24) is 10.2 Å². The molecule has 0 saturated carbocycles. The topological polar surface area (TPSA) is 84.9 Å². The first-order valence-corrected chi connectivity index (χ1v) is 8.17. The third-order valence-corrected chi connectivity index (χ3v) is 4.11. The molecule has 0 radical (unpaired) electrons. The Morgan fingerprint density at radius 1 is 0.889 bits per heavy atom. The lowest BCUT2D eigenvalue weighted by atomic mass is 10.1. The lowest BCUT2D eigenvalue weighted by Crippen LogP contribution is -2.53. The van der Waals surface area contributed by atoms with Crippen molar-refractivity contribution in [3.63, 3.8) is 0 Å². The van der Waals surface area contributed by atoms with Gasteiger partial charge >= 0.3 is 6.03 Å². The fourth-order valence-corrected chi connectivity index (χ4v) is 2.62. The number of carbonyl (C=O) groups excluding carboxylic acids is 3. The number of methoxy groups -OCH3 is 2. The first-order chi connectivity index (χ1) is 13.0. The number of nitrogens with one attached hydrogen (secondary N) is 1.